The third kappa shape index (κ3) is 45.3. The molecule has 0 unspecified atom stereocenters. The molecule has 0 aliphatic heterocycles. The number of hydrogen-bond acceptors (Lipinski definition) is 0. The monoisotopic (exact) mass is 1020 g/mol. The molecule has 0 amide bonds. The summed E-state index contributed by atoms with van der Waals surface area (Å²) in [5, 5.41) is 0. The average Bonchev–Trinajstić information content (AvgIpc) is 3.98. The minimum absolute atomic E-state index is 0. The molecule has 418 valence electrons. The maximum atomic E-state index is 2.26. The van der Waals surface area contributed by atoms with E-state index in [2.05, 4.69) is 296 Å². The van der Waals surface area contributed by atoms with Gasteiger partial charge in [-0.3, -0.25) is 0 Å². The van der Waals surface area contributed by atoms with Gasteiger partial charge in [0.15, 0.2) is 0 Å². The molecule has 0 atom stereocenters. The highest BCUT2D eigenvalue weighted by Crippen LogP contribution is 2.22. The molecular formula is C75H118. The predicted molar refractivity (Wildman–Crippen MR) is 347 cm³/mol. The van der Waals surface area contributed by atoms with Gasteiger partial charge in [0.25, 0.3) is 0 Å². The van der Waals surface area contributed by atoms with E-state index in [-0.39, 0.29) is 14.9 Å². The van der Waals surface area contributed by atoms with Gasteiger partial charge in [0.05, 0.1) is 0 Å². The van der Waals surface area contributed by atoms with E-state index in [0.29, 0.717) is 27.1 Å². The predicted octanol–water partition coefficient (Wildman–Crippen LogP) is 23.5. The first-order chi connectivity index (χ1) is 33.8. The van der Waals surface area contributed by atoms with Gasteiger partial charge in [-0.15, -0.1) is 0 Å². The summed E-state index contributed by atoms with van der Waals surface area (Å²) in [6, 6.07) is 43.2. The van der Waals surface area contributed by atoms with Gasteiger partial charge < -0.3 is 0 Å². The van der Waals surface area contributed by atoms with Crippen LogP contribution in [-0.4, -0.2) is 0 Å². The van der Waals surface area contributed by atoms with Crippen molar-refractivity contribution in [3.63, 3.8) is 0 Å². The van der Waals surface area contributed by atoms with Crippen LogP contribution >= 0.6 is 0 Å². The van der Waals surface area contributed by atoms with Crippen LogP contribution in [0.15, 0.2) is 146 Å². The maximum Gasteiger partial charge on any atom is -0.00882 e. The molecule has 5 aliphatic rings. The summed E-state index contributed by atoms with van der Waals surface area (Å²) in [4.78, 5) is 0. The van der Waals surface area contributed by atoms with E-state index in [0.717, 1.165) is 19.3 Å². The summed E-state index contributed by atoms with van der Waals surface area (Å²) in [5.74, 6) is 0. The minimum atomic E-state index is 0. The van der Waals surface area contributed by atoms with Crippen molar-refractivity contribution in [3.05, 3.63) is 201 Å². The molecule has 5 aromatic carbocycles. The summed E-state index contributed by atoms with van der Waals surface area (Å²) in [5.41, 5.74) is 17.5. The fourth-order valence-corrected chi connectivity index (χ4v) is 7.14. The van der Waals surface area contributed by atoms with Gasteiger partial charge >= 0.3 is 0 Å². The molecule has 0 saturated heterocycles. The van der Waals surface area contributed by atoms with Crippen molar-refractivity contribution >= 4 is 12.2 Å². The number of rotatable bonds is 0. The molecule has 75 heavy (non-hydrogen) atoms. The molecule has 5 aromatic rings. The number of allylic oxidation sites excluding steroid dienone is 4. The third-order valence-electron chi connectivity index (χ3n) is 9.85. The highest BCUT2D eigenvalue weighted by atomic mass is 14.1. The van der Waals surface area contributed by atoms with E-state index in [1.54, 1.807) is 22.3 Å². The van der Waals surface area contributed by atoms with Crippen molar-refractivity contribution in [2.45, 2.75) is 230 Å². The standard InChI is InChI=1S/C10H12.2C10H10.C9H10.C9H8.5C5H12.2CH4/c3*1-2-6-10-8-4-3-7-9(10)5-1;2*1-2-5-9-7-3-6-8(9)4-1;5*1-5(2,3)4;;/h1-2,5-6H,3-4,7-8H2;1-3,5-7H,4,8H2;1-6H,7-8H2;1-2,4-5H,3,6-7H2;1-6H,7H2;5*1-4H3;2*1H4. The molecule has 0 heteroatoms. The Bertz CT molecular complexity index is 2120. The van der Waals surface area contributed by atoms with Gasteiger partial charge in [-0.05, 0) is 160 Å². The molecule has 0 saturated carbocycles. The lowest BCUT2D eigenvalue weighted by molar-refractivity contribution is 0.469. The summed E-state index contributed by atoms with van der Waals surface area (Å²) < 4.78 is 0. The maximum absolute atomic E-state index is 2.26. The van der Waals surface area contributed by atoms with Crippen molar-refractivity contribution in [1.82, 2.24) is 0 Å². The average molecular weight is 1020 g/mol. The van der Waals surface area contributed by atoms with Gasteiger partial charge in [0.2, 0.25) is 0 Å². The third-order valence-corrected chi connectivity index (χ3v) is 9.85. The number of aryl methyl sites for hydroxylation is 5. The molecule has 0 aromatic heterocycles. The Labute approximate surface area is 468 Å². The van der Waals surface area contributed by atoms with Crippen LogP contribution in [0.2, 0.25) is 0 Å². The van der Waals surface area contributed by atoms with Crippen molar-refractivity contribution in [1.29, 1.82) is 0 Å². The molecule has 0 spiro atoms. The molecule has 0 radical (unpaired) electrons. The zero-order valence-electron chi connectivity index (χ0n) is 51.0. The lowest BCUT2D eigenvalue weighted by atomic mass is 9.92. The number of benzene rings is 5. The van der Waals surface area contributed by atoms with Crippen molar-refractivity contribution in [3.8, 4) is 0 Å². The first kappa shape index (κ1) is 72.4. The van der Waals surface area contributed by atoms with E-state index < -0.39 is 0 Å². The lowest BCUT2D eigenvalue weighted by Crippen LogP contribution is -2.00. The quantitative estimate of drug-likeness (QED) is 0.136. The SMILES string of the molecule is C.C.C1=CCc2ccccc2C1.C1=Cc2ccccc2C1.C1=Cc2ccccc2CC1.CC(C)(C)C.CC(C)(C)C.CC(C)(C)C.CC(C)(C)C.CC(C)(C)C.c1ccc2c(c1)CCC2.c1ccc2c(c1)CCCC2. The molecule has 0 fully saturated rings. The van der Waals surface area contributed by atoms with Crippen LogP contribution in [0, 0.1) is 27.1 Å². The van der Waals surface area contributed by atoms with Crippen LogP contribution in [0.1, 0.15) is 235 Å². The molecular weight excluding hydrogens is 901 g/mol. The highest BCUT2D eigenvalue weighted by molar-refractivity contribution is 5.59. The first-order valence-electron chi connectivity index (χ1n) is 28.2. The zero-order valence-corrected chi connectivity index (χ0v) is 51.0. The van der Waals surface area contributed by atoms with Gasteiger partial charge in [-0.1, -0.05) is 311 Å². The largest absolute Gasteiger partial charge is 0.0838 e. The smallest absolute Gasteiger partial charge is 0.00882 e. The normalized spacial score (nSPS) is 13.7. The summed E-state index contributed by atoms with van der Waals surface area (Å²) in [7, 11) is 0. The summed E-state index contributed by atoms with van der Waals surface area (Å²) in [6.45, 7) is 43.8. The number of hydrogen-bond donors (Lipinski definition) is 0. The van der Waals surface area contributed by atoms with Crippen LogP contribution in [0.25, 0.3) is 12.2 Å². The van der Waals surface area contributed by atoms with Crippen LogP contribution in [0.5, 0.6) is 0 Å². The van der Waals surface area contributed by atoms with E-state index in [9.17, 15) is 0 Å². The van der Waals surface area contributed by atoms with E-state index in [1.165, 1.54) is 91.2 Å². The second-order valence-corrected chi connectivity index (χ2v) is 28.2. The number of fused-ring (bicyclic) bond motifs is 5. The molecule has 0 bridgehead atoms. The van der Waals surface area contributed by atoms with Crippen LogP contribution in [0.4, 0.5) is 0 Å². The molecule has 5 aliphatic carbocycles. The fourth-order valence-electron chi connectivity index (χ4n) is 7.14. The van der Waals surface area contributed by atoms with Crippen molar-refractivity contribution in [2.75, 3.05) is 0 Å². The van der Waals surface area contributed by atoms with Crippen molar-refractivity contribution in [2.24, 2.45) is 27.1 Å². The van der Waals surface area contributed by atoms with Crippen LogP contribution < -0.4 is 0 Å². The Hall–Kier alpha value is -4.68. The Balaban J connectivity index is 0. The first-order valence-corrected chi connectivity index (χ1v) is 28.2. The summed E-state index contributed by atoms with van der Waals surface area (Å²) >= 11 is 0. The van der Waals surface area contributed by atoms with E-state index in [1.807, 2.05) is 0 Å². The van der Waals surface area contributed by atoms with Crippen LogP contribution in [-0.2, 0) is 51.4 Å². The van der Waals surface area contributed by atoms with Gasteiger partial charge in [0, 0.05) is 0 Å². The molecule has 10 rings (SSSR count). The second-order valence-electron chi connectivity index (χ2n) is 28.2. The van der Waals surface area contributed by atoms with Gasteiger partial charge in [0.1, 0.15) is 0 Å². The lowest BCUT2D eigenvalue weighted by Gasteiger charge is -2.13. The Morgan fingerprint density at radius 2 is 0.480 bits per heavy atom. The van der Waals surface area contributed by atoms with Gasteiger partial charge in [-0.2, -0.15) is 0 Å². The van der Waals surface area contributed by atoms with Crippen LogP contribution in [0.3, 0.4) is 0 Å². The Kier molecular flexibility index (Phi) is 35.9. The van der Waals surface area contributed by atoms with Gasteiger partial charge in [-0.25, -0.2) is 0 Å². The Morgan fingerprint density at radius 3 is 0.800 bits per heavy atom. The highest BCUT2D eigenvalue weighted by Gasteiger charge is 2.08. The zero-order chi connectivity index (χ0) is 55.1. The fraction of sp³-hybridized carbons (Fsp3) is 0.520. The molecule has 0 N–H and O–H groups in total. The minimum Gasteiger partial charge on any atom is -0.0838 e. The molecule has 0 heterocycles. The summed E-state index contributed by atoms with van der Waals surface area (Å²) in [6.07, 6.45) is 28.4. The van der Waals surface area contributed by atoms with E-state index >= 15 is 0 Å². The second kappa shape index (κ2) is 37.2. The van der Waals surface area contributed by atoms with Crippen molar-refractivity contribution < 1.29 is 0 Å². The Morgan fingerprint density at radius 1 is 0.240 bits per heavy atom. The topological polar surface area (TPSA) is 0 Å². The molecule has 0 nitrogen and oxygen atoms in total. The van der Waals surface area contributed by atoms with E-state index in [4.69, 9.17) is 0 Å².